The van der Waals surface area contributed by atoms with E-state index >= 15 is 0 Å². The van der Waals surface area contributed by atoms with Gasteiger partial charge in [-0.25, -0.2) is 13.1 Å². The maximum Gasteiger partial charge on any atom is 0.273 e. The summed E-state index contributed by atoms with van der Waals surface area (Å²) < 4.78 is 27.0. The summed E-state index contributed by atoms with van der Waals surface area (Å²) in [5.74, 6) is 0. The molecule has 7 heteroatoms. The van der Waals surface area contributed by atoms with Gasteiger partial charge in [0.05, 0.1) is 9.82 Å². The van der Waals surface area contributed by atoms with Crippen LogP contribution in [0.1, 0.15) is 32.3 Å². The van der Waals surface area contributed by atoms with Crippen molar-refractivity contribution in [1.82, 2.24) is 4.72 Å². The number of sulfonamides is 1. The molecule has 19 heavy (non-hydrogen) atoms. The van der Waals surface area contributed by atoms with Crippen LogP contribution in [-0.2, 0) is 10.0 Å². The summed E-state index contributed by atoms with van der Waals surface area (Å²) >= 11 is 0. The molecule has 1 N–H and O–H groups in total. The van der Waals surface area contributed by atoms with Crippen LogP contribution in [0.4, 0.5) is 5.69 Å². The average molecular weight is 286 g/mol. The van der Waals surface area contributed by atoms with Gasteiger partial charge in [-0.2, -0.15) is 0 Å². The van der Waals surface area contributed by atoms with E-state index in [4.69, 9.17) is 0 Å². The zero-order valence-electron chi connectivity index (χ0n) is 11.2. The Balaban J connectivity index is 3.22. The van der Waals surface area contributed by atoms with Gasteiger partial charge in [0.15, 0.2) is 0 Å². The van der Waals surface area contributed by atoms with E-state index in [0.29, 0.717) is 12.8 Å². The van der Waals surface area contributed by atoms with Crippen molar-refractivity contribution in [2.45, 2.75) is 44.6 Å². The van der Waals surface area contributed by atoms with Gasteiger partial charge in [0.25, 0.3) is 5.69 Å². The third-order valence-corrected chi connectivity index (χ3v) is 4.71. The normalized spacial score (nSPS) is 11.8. The van der Waals surface area contributed by atoms with Crippen molar-refractivity contribution in [3.63, 3.8) is 0 Å². The van der Waals surface area contributed by atoms with E-state index in [1.54, 1.807) is 0 Å². The van der Waals surface area contributed by atoms with Crippen LogP contribution in [0, 0.1) is 17.0 Å². The van der Waals surface area contributed by atoms with Crippen molar-refractivity contribution in [1.29, 1.82) is 0 Å². The minimum atomic E-state index is -3.72. The van der Waals surface area contributed by atoms with Crippen molar-refractivity contribution in [2.75, 3.05) is 0 Å². The molecule has 0 saturated carbocycles. The number of nitrogens with zero attached hydrogens (tertiary/aromatic N) is 1. The lowest BCUT2D eigenvalue weighted by molar-refractivity contribution is -0.385. The molecule has 0 amide bonds. The van der Waals surface area contributed by atoms with Crippen LogP contribution in [0.25, 0.3) is 0 Å². The van der Waals surface area contributed by atoms with Crippen LogP contribution < -0.4 is 4.72 Å². The summed E-state index contributed by atoms with van der Waals surface area (Å²) in [6, 6.07) is 3.90. The van der Waals surface area contributed by atoms with Crippen molar-refractivity contribution in [3.8, 4) is 0 Å². The number of hydrogen-bond acceptors (Lipinski definition) is 4. The lowest BCUT2D eigenvalue weighted by Gasteiger charge is -2.16. The van der Waals surface area contributed by atoms with Crippen molar-refractivity contribution >= 4 is 15.7 Å². The Labute approximate surface area is 113 Å². The Morgan fingerprint density at radius 2 is 1.89 bits per heavy atom. The smallest absolute Gasteiger partial charge is 0.258 e. The first kappa shape index (κ1) is 15.6. The van der Waals surface area contributed by atoms with E-state index in [1.165, 1.54) is 25.1 Å². The highest BCUT2D eigenvalue weighted by Gasteiger charge is 2.24. The Morgan fingerprint density at radius 3 is 2.37 bits per heavy atom. The summed E-state index contributed by atoms with van der Waals surface area (Å²) in [6.45, 7) is 5.22. The van der Waals surface area contributed by atoms with Gasteiger partial charge >= 0.3 is 0 Å². The first-order chi connectivity index (χ1) is 8.83. The van der Waals surface area contributed by atoms with Crippen molar-refractivity contribution < 1.29 is 13.3 Å². The second kappa shape index (κ2) is 6.12. The van der Waals surface area contributed by atoms with Gasteiger partial charge in [-0.3, -0.25) is 10.1 Å². The quantitative estimate of drug-likeness (QED) is 0.642. The molecule has 0 aliphatic heterocycles. The molecule has 1 rings (SSSR count). The van der Waals surface area contributed by atoms with Gasteiger partial charge in [0.1, 0.15) is 0 Å². The van der Waals surface area contributed by atoms with E-state index in [-0.39, 0.29) is 22.2 Å². The average Bonchev–Trinajstić information content (AvgIpc) is 2.35. The Morgan fingerprint density at radius 1 is 1.32 bits per heavy atom. The lowest BCUT2D eigenvalue weighted by atomic mass is 10.2. The summed E-state index contributed by atoms with van der Waals surface area (Å²) in [7, 11) is -3.72. The predicted octanol–water partition coefficient (Wildman–Crippen LogP) is 2.37. The molecule has 0 unspecified atom stereocenters. The molecule has 0 heterocycles. The van der Waals surface area contributed by atoms with Crippen LogP contribution in [0.2, 0.25) is 0 Å². The van der Waals surface area contributed by atoms with Gasteiger partial charge in [0.2, 0.25) is 10.0 Å². The lowest BCUT2D eigenvalue weighted by Crippen LogP contribution is -2.34. The number of hydrogen-bond donors (Lipinski definition) is 1. The Bertz CT molecular complexity index is 565. The van der Waals surface area contributed by atoms with Crippen LogP contribution in [0.3, 0.4) is 0 Å². The van der Waals surface area contributed by atoms with E-state index in [0.717, 1.165) is 0 Å². The predicted molar refractivity (Wildman–Crippen MR) is 72.5 cm³/mol. The molecule has 0 aromatic heterocycles. The summed E-state index contributed by atoms with van der Waals surface area (Å²) in [5, 5.41) is 10.8. The molecule has 0 saturated heterocycles. The molecule has 0 fully saturated rings. The maximum atomic E-state index is 12.2. The third-order valence-electron chi connectivity index (χ3n) is 3.05. The summed E-state index contributed by atoms with van der Waals surface area (Å²) in [6.07, 6.45) is 1.34. The van der Waals surface area contributed by atoms with E-state index < -0.39 is 14.9 Å². The first-order valence-electron chi connectivity index (χ1n) is 6.09. The van der Waals surface area contributed by atoms with Gasteiger partial charge < -0.3 is 0 Å². The maximum absolute atomic E-state index is 12.2. The second-order valence-corrected chi connectivity index (χ2v) is 5.97. The zero-order chi connectivity index (χ0) is 14.6. The fourth-order valence-corrected chi connectivity index (χ4v) is 3.49. The highest BCUT2D eigenvalue weighted by Crippen LogP contribution is 2.24. The van der Waals surface area contributed by atoms with Crippen LogP contribution >= 0.6 is 0 Å². The molecular weight excluding hydrogens is 268 g/mol. The highest BCUT2D eigenvalue weighted by atomic mass is 32.2. The van der Waals surface area contributed by atoms with Gasteiger partial charge in [0, 0.05) is 17.7 Å². The molecule has 0 radical (unpaired) electrons. The minimum Gasteiger partial charge on any atom is -0.258 e. The molecule has 0 aliphatic rings. The Kier molecular flexibility index (Phi) is 5.02. The third kappa shape index (κ3) is 3.51. The summed E-state index contributed by atoms with van der Waals surface area (Å²) in [4.78, 5) is 10.2. The molecular formula is C12H18N2O4S. The fourth-order valence-electron chi connectivity index (χ4n) is 1.83. The molecule has 1 aromatic carbocycles. The monoisotopic (exact) mass is 286 g/mol. The van der Waals surface area contributed by atoms with Crippen molar-refractivity contribution in [3.05, 3.63) is 33.9 Å². The SMILES string of the molecule is CCC(CC)NS(=O)(=O)c1cccc([N+](=O)[O-])c1C. The molecule has 1 aromatic rings. The van der Waals surface area contributed by atoms with Crippen LogP contribution in [-0.4, -0.2) is 19.4 Å². The number of nitro groups is 1. The van der Waals surface area contributed by atoms with Crippen molar-refractivity contribution in [2.24, 2.45) is 0 Å². The Hall–Kier alpha value is -1.47. The standard InChI is InChI=1S/C12H18N2O4S/c1-4-10(5-2)13-19(17,18)12-8-6-7-11(9(12)3)14(15)16/h6-8,10,13H,4-5H2,1-3H3. The van der Waals surface area contributed by atoms with Crippen LogP contribution in [0.5, 0.6) is 0 Å². The second-order valence-electron chi connectivity index (χ2n) is 4.29. The topological polar surface area (TPSA) is 89.3 Å². The molecule has 6 nitrogen and oxygen atoms in total. The fraction of sp³-hybridized carbons (Fsp3) is 0.500. The largest absolute Gasteiger partial charge is 0.273 e. The van der Waals surface area contributed by atoms with E-state index in [2.05, 4.69) is 4.72 Å². The molecule has 0 atom stereocenters. The zero-order valence-corrected chi connectivity index (χ0v) is 12.0. The van der Waals surface area contributed by atoms with E-state index in [9.17, 15) is 18.5 Å². The van der Waals surface area contributed by atoms with Gasteiger partial charge in [-0.15, -0.1) is 0 Å². The number of nitrogens with one attached hydrogen (secondary N) is 1. The number of nitro benzene ring substituents is 1. The minimum absolute atomic E-state index is 0.0337. The number of benzene rings is 1. The first-order valence-corrected chi connectivity index (χ1v) is 7.58. The molecule has 106 valence electrons. The molecule has 0 aliphatic carbocycles. The van der Waals surface area contributed by atoms with Gasteiger partial charge in [-0.1, -0.05) is 19.9 Å². The molecule has 0 spiro atoms. The summed E-state index contributed by atoms with van der Waals surface area (Å²) in [5.41, 5.74) is -0.0293. The van der Waals surface area contributed by atoms with Crippen LogP contribution in [0.15, 0.2) is 23.1 Å². The number of rotatable bonds is 6. The molecule has 0 bridgehead atoms. The van der Waals surface area contributed by atoms with E-state index in [1.807, 2.05) is 13.8 Å². The highest BCUT2D eigenvalue weighted by molar-refractivity contribution is 7.89. The van der Waals surface area contributed by atoms with Gasteiger partial charge in [-0.05, 0) is 25.8 Å².